The second-order valence-corrected chi connectivity index (χ2v) is 12.7. The van der Waals surface area contributed by atoms with Crippen LogP contribution < -0.4 is 10.3 Å². The van der Waals surface area contributed by atoms with Gasteiger partial charge in [0.2, 0.25) is 0 Å². The number of fused-ring (bicyclic) bond motifs is 4. The molecule has 1 aliphatic heterocycles. The molecule has 0 fully saturated rings. The van der Waals surface area contributed by atoms with Gasteiger partial charge in [-0.15, -0.1) is 0 Å². The molecule has 0 saturated carbocycles. The largest absolute Gasteiger partial charge is 0.481 e. The molecule has 1 heterocycles. The molecule has 0 unspecified atom stereocenters. The average molecular weight is 608 g/mol. The van der Waals surface area contributed by atoms with E-state index in [0.717, 1.165) is 5.69 Å². The highest BCUT2D eigenvalue weighted by molar-refractivity contribution is 8.19. The number of carboxylic acids is 1. The molecule has 41 heavy (non-hydrogen) atoms. The van der Waals surface area contributed by atoms with Gasteiger partial charge in [0, 0.05) is 60.4 Å². The van der Waals surface area contributed by atoms with E-state index < -0.39 is 27.0 Å². The van der Waals surface area contributed by atoms with E-state index >= 15 is 0 Å². The Labute approximate surface area is 238 Å². The third-order valence-electron chi connectivity index (χ3n) is 6.64. The van der Waals surface area contributed by atoms with Crippen LogP contribution in [0.15, 0.2) is 56.8 Å². The van der Waals surface area contributed by atoms with Crippen molar-refractivity contribution in [2.75, 3.05) is 30.3 Å². The molecule has 2 aliphatic rings. The van der Waals surface area contributed by atoms with Crippen LogP contribution in [-0.4, -0.2) is 68.1 Å². The Hall–Kier alpha value is -3.27. The number of aromatic nitrogens is 1. The predicted octanol–water partition coefficient (Wildman–Crippen LogP) is 5.32. The van der Waals surface area contributed by atoms with Gasteiger partial charge in [-0.05, 0) is 50.5 Å². The number of nitrogens with zero attached hydrogens (tertiary/aromatic N) is 3. The number of aliphatic carboxylic acids is 1. The molecule has 0 bridgehead atoms. The van der Waals surface area contributed by atoms with Crippen LogP contribution in [0.2, 0.25) is 0 Å². The maximum atomic E-state index is 11.9. The van der Waals surface area contributed by atoms with Gasteiger partial charge in [-0.25, -0.2) is 4.98 Å². The minimum absolute atomic E-state index is 0.0957. The van der Waals surface area contributed by atoms with E-state index in [4.69, 9.17) is 14.5 Å². The summed E-state index contributed by atoms with van der Waals surface area (Å²) in [5.41, 5.74) is 2.18. The van der Waals surface area contributed by atoms with Gasteiger partial charge in [0.15, 0.2) is 11.3 Å². The lowest BCUT2D eigenvalue weighted by Gasteiger charge is -2.25. The monoisotopic (exact) mass is 607 g/mol. The summed E-state index contributed by atoms with van der Waals surface area (Å²) >= 11 is 0. The number of hydrogen-bond donors (Lipinski definition) is 5. The van der Waals surface area contributed by atoms with Crippen molar-refractivity contribution in [2.24, 2.45) is 4.99 Å². The van der Waals surface area contributed by atoms with Crippen LogP contribution in [0.4, 0.5) is 5.69 Å². The molecule has 0 amide bonds. The zero-order valence-electron chi connectivity index (χ0n) is 22.4. The summed E-state index contributed by atoms with van der Waals surface area (Å²) < 4.78 is 67.5. The fourth-order valence-electron chi connectivity index (χ4n) is 4.63. The first-order chi connectivity index (χ1) is 19.4. The second-order valence-electron chi connectivity index (χ2n) is 9.65. The minimum Gasteiger partial charge on any atom is -0.481 e. The highest BCUT2D eigenvalue weighted by atomic mass is 32.3. The Morgan fingerprint density at radius 2 is 1.76 bits per heavy atom. The van der Waals surface area contributed by atoms with Gasteiger partial charge in [0.05, 0.1) is 21.1 Å². The molecule has 2 aromatic rings. The maximum absolute atomic E-state index is 11.9. The lowest BCUT2D eigenvalue weighted by atomic mass is 10.0. The van der Waals surface area contributed by atoms with Crippen LogP contribution in [-0.2, 0) is 14.9 Å². The van der Waals surface area contributed by atoms with Crippen molar-refractivity contribution >= 4 is 54.5 Å². The third-order valence-corrected chi connectivity index (χ3v) is 8.33. The molecular formula is C27H33N3O9S2. The standard InChI is InChI=1S/C27H33N3O9S2/c1-2-30(13-6-14-40(33,34)35)18-8-11-22-24(15-18)39-25-17-23(28-12-5-3-4-7-26(31)32)20-10-9-19(41(36,37)38)16-21(20)27(25)29-22/h8-11,15-17,33-35H,2-7,12-14H2,1H3,(H,31,32)(H,36,37,38). The molecule has 0 atom stereocenters. The first kappa shape index (κ1) is 30.7. The first-order valence-corrected chi connectivity index (χ1v) is 16.2. The molecule has 222 valence electrons. The fourth-order valence-corrected chi connectivity index (χ4v) is 5.65. The zero-order chi connectivity index (χ0) is 29.8. The van der Waals surface area contributed by atoms with E-state index in [-0.39, 0.29) is 17.1 Å². The number of carboxylic acid groups (broad SMARTS) is 1. The van der Waals surface area contributed by atoms with E-state index in [1.165, 1.54) is 12.1 Å². The van der Waals surface area contributed by atoms with Crippen molar-refractivity contribution in [3.8, 4) is 11.5 Å². The topological polar surface area (TPSA) is 194 Å². The Morgan fingerprint density at radius 1 is 0.976 bits per heavy atom. The first-order valence-electron chi connectivity index (χ1n) is 13.1. The molecular weight excluding hydrogens is 574 g/mol. The molecule has 14 heteroatoms. The number of anilines is 1. The van der Waals surface area contributed by atoms with Crippen molar-refractivity contribution in [3.05, 3.63) is 47.8 Å². The Bertz CT molecular complexity index is 1700. The molecule has 0 spiro atoms. The molecule has 0 saturated heterocycles. The number of benzene rings is 3. The van der Waals surface area contributed by atoms with E-state index in [2.05, 4.69) is 4.99 Å². The normalized spacial score (nSPS) is 13.3. The van der Waals surface area contributed by atoms with Crippen molar-refractivity contribution in [3.63, 3.8) is 0 Å². The van der Waals surface area contributed by atoms with Crippen LogP contribution in [0.5, 0.6) is 0 Å². The van der Waals surface area contributed by atoms with Gasteiger partial charge in [0.1, 0.15) is 11.2 Å². The number of carbonyl (C=O) groups is 1. The zero-order valence-corrected chi connectivity index (χ0v) is 24.1. The maximum Gasteiger partial charge on any atom is 0.303 e. The van der Waals surface area contributed by atoms with Gasteiger partial charge in [-0.3, -0.25) is 14.3 Å². The fraction of sp³-hybridized carbons (Fsp3) is 0.370. The summed E-state index contributed by atoms with van der Waals surface area (Å²) in [5, 5.41) is 10.4. The SMILES string of the molecule is CCN(CCCS(O)(O)O)c1ccc2nc3c4cc(S(=O)(=O)O)ccc4c(=NCCCCCC(=O)O)cc-3oc2c1. The van der Waals surface area contributed by atoms with Crippen molar-refractivity contribution < 1.29 is 40.9 Å². The van der Waals surface area contributed by atoms with Gasteiger partial charge in [0.25, 0.3) is 10.1 Å². The summed E-state index contributed by atoms with van der Waals surface area (Å²) in [6, 6.07) is 11.4. The lowest BCUT2D eigenvalue weighted by molar-refractivity contribution is -0.137. The van der Waals surface area contributed by atoms with E-state index in [9.17, 15) is 31.4 Å². The smallest absolute Gasteiger partial charge is 0.303 e. The van der Waals surface area contributed by atoms with E-state index in [1.54, 1.807) is 24.3 Å². The van der Waals surface area contributed by atoms with Gasteiger partial charge in [-0.2, -0.15) is 8.42 Å². The van der Waals surface area contributed by atoms with Crippen molar-refractivity contribution in [1.82, 2.24) is 4.98 Å². The minimum atomic E-state index is -4.48. The molecule has 0 aromatic heterocycles. The predicted molar refractivity (Wildman–Crippen MR) is 157 cm³/mol. The lowest BCUT2D eigenvalue weighted by Crippen LogP contribution is -2.25. The third kappa shape index (κ3) is 7.93. The van der Waals surface area contributed by atoms with Crippen LogP contribution in [0.25, 0.3) is 33.3 Å². The van der Waals surface area contributed by atoms with E-state index in [0.29, 0.717) is 84.0 Å². The summed E-state index contributed by atoms with van der Waals surface area (Å²) in [7, 11) is -8.04. The van der Waals surface area contributed by atoms with Crippen LogP contribution in [0, 0.1) is 0 Å². The highest BCUT2D eigenvalue weighted by Gasteiger charge is 2.19. The number of rotatable bonds is 13. The highest BCUT2D eigenvalue weighted by Crippen LogP contribution is 2.34. The second kappa shape index (κ2) is 12.7. The van der Waals surface area contributed by atoms with Crippen LogP contribution in [0.1, 0.15) is 39.0 Å². The molecule has 12 nitrogen and oxygen atoms in total. The Morgan fingerprint density at radius 3 is 2.44 bits per heavy atom. The van der Waals surface area contributed by atoms with Crippen molar-refractivity contribution in [2.45, 2.75) is 43.9 Å². The summed E-state index contributed by atoms with van der Waals surface area (Å²) in [4.78, 5) is 21.9. The van der Waals surface area contributed by atoms with Crippen LogP contribution >= 0.6 is 10.9 Å². The van der Waals surface area contributed by atoms with Gasteiger partial charge in [-0.1, -0.05) is 12.5 Å². The van der Waals surface area contributed by atoms with Crippen LogP contribution in [0.3, 0.4) is 0 Å². The average Bonchev–Trinajstić information content (AvgIpc) is 2.90. The van der Waals surface area contributed by atoms with Gasteiger partial charge >= 0.3 is 5.97 Å². The Balaban J connectivity index is 1.77. The quantitative estimate of drug-likeness (QED) is 0.0571. The number of hydrogen-bond acceptors (Lipinski definition) is 10. The summed E-state index contributed by atoms with van der Waals surface area (Å²) in [6.45, 7) is 3.47. The molecule has 5 N–H and O–H groups in total. The van der Waals surface area contributed by atoms with Crippen molar-refractivity contribution in [1.29, 1.82) is 0 Å². The molecule has 0 radical (unpaired) electrons. The molecule has 4 rings (SSSR count). The van der Waals surface area contributed by atoms with Gasteiger partial charge < -0.3 is 28.1 Å². The Kier molecular flexibility index (Phi) is 9.51. The molecule has 1 aliphatic carbocycles. The number of unbranched alkanes of at least 4 members (excludes halogenated alkanes) is 2. The molecule has 2 aromatic carbocycles. The van der Waals surface area contributed by atoms with E-state index in [1.807, 2.05) is 17.9 Å². The summed E-state index contributed by atoms with van der Waals surface area (Å²) in [5.74, 6) is -0.610. The summed E-state index contributed by atoms with van der Waals surface area (Å²) in [6.07, 6.45) is 2.37.